The quantitative estimate of drug-likeness (QED) is 0.930. The lowest BCUT2D eigenvalue weighted by Gasteiger charge is -2.09. The topological polar surface area (TPSA) is 47.0 Å². The molecule has 1 aliphatic heterocycles. The van der Waals surface area contributed by atoms with Crippen molar-refractivity contribution in [1.82, 2.24) is 15.5 Å². The van der Waals surface area contributed by atoms with Crippen molar-refractivity contribution < 1.29 is 4.74 Å². The summed E-state index contributed by atoms with van der Waals surface area (Å²) in [7, 11) is 0. The highest BCUT2D eigenvalue weighted by Crippen LogP contribution is 2.32. The van der Waals surface area contributed by atoms with Crippen LogP contribution in [0.1, 0.15) is 16.8 Å². The minimum Gasteiger partial charge on any atom is -0.493 e. The average Bonchev–Trinajstić information content (AvgIpc) is 2.88. The molecule has 1 aliphatic rings. The highest BCUT2D eigenvalue weighted by molar-refractivity contribution is 6.30. The first kappa shape index (κ1) is 12.4. The smallest absolute Gasteiger partial charge is 0.127 e. The molecule has 0 fully saturated rings. The van der Waals surface area contributed by atoms with Gasteiger partial charge in [0.1, 0.15) is 5.75 Å². The van der Waals surface area contributed by atoms with E-state index in [1.54, 1.807) is 6.20 Å². The molecule has 2 aromatic rings. The largest absolute Gasteiger partial charge is 0.493 e. The van der Waals surface area contributed by atoms with Crippen LogP contribution >= 0.6 is 11.6 Å². The molecular formula is C14H14ClN3O. The van der Waals surface area contributed by atoms with Crippen LogP contribution < -0.4 is 10.1 Å². The molecule has 4 nitrogen and oxygen atoms in total. The summed E-state index contributed by atoms with van der Waals surface area (Å²) in [6.45, 7) is 2.13. The zero-order valence-corrected chi connectivity index (χ0v) is 11.2. The second-order valence-electron chi connectivity index (χ2n) is 4.47. The number of hydrogen-bond donors (Lipinski definition) is 1. The van der Waals surface area contributed by atoms with Gasteiger partial charge in [0.25, 0.3) is 0 Å². The molecule has 3 rings (SSSR count). The number of nitrogens with one attached hydrogen (secondary N) is 1. The van der Waals surface area contributed by atoms with Gasteiger partial charge in [-0.2, -0.15) is 10.2 Å². The van der Waals surface area contributed by atoms with Gasteiger partial charge in [0, 0.05) is 36.3 Å². The van der Waals surface area contributed by atoms with Gasteiger partial charge in [-0.15, -0.1) is 0 Å². The Morgan fingerprint density at radius 1 is 1.32 bits per heavy atom. The maximum Gasteiger partial charge on any atom is 0.127 e. The fourth-order valence-corrected chi connectivity index (χ4v) is 2.49. The maximum absolute atomic E-state index is 6.12. The fourth-order valence-electron chi connectivity index (χ4n) is 2.23. The fraction of sp³-hybridized carbons (Fsp3) is 0.286. The number of hydrogen-bond acceptors (Lipinski definition) is 4. The third-order valence-corrected chi connectivity index (χ3v) is 3.29. The van der Waals surface area contributed by atoms with E-state index in [4.69, 9.17) is 16.3 Å². The summed E-state index contributed by atoms with van der Waals surface area (Å²) in [6.07, 6.45) is 2.61. The molecule has 0 amide bonds. The van der Waals surface area contributed by atoms with Crippen molar-refractivity contribution in [3.8, 4) is 5.75 Å². The van der Waals surface area contributed by atoms with E-state index in [9.17, 15) is 0 Å². The van der Waals surface area contributed by atoms with Crippen molar-refractivity contribution in [2.75, 3.05) is 6.61 Å². The molecule has 19 heavy (non-hydrogen) atoms. The van der Waals surface area contributed by atoms with Crippen molar-refractivity contribution in [1.29, 1.82) is 0 Å². The molecule has 0 radical (unpaired) electrons. The lowest BCUT2D eigenvalue weighted by Crippen LogP contribution is -2.14. The van der Waals surface area contributed by atoms with Crippen molar-refractivity contribution in [3.05, 3.63) is 52.3 Å². The van der Waals surface area contributed by atoms with Crippen LogP contribution in [0, 0.1) is 0 Å². The van der Waals surface area contributed by atoms with E-state index < -0.39 is 0 Å². The van der Waals surface area contributed by atoms with Gasteiger partial charge in [-0.25, -0.2) is 0 Å². The van der Waals surface area contributed by atoms with Gasteiger partial charge in [0.05, 0.1) is 12.3 Å². The Hall–Kier alpha value is -1.65. The van der Waals surface area contributed by atoms with E-state index in [0.29, 0.717) is 13.1 Å². The van der Waals surface area contributed by atoms with Crippen molar-refractivity contribution in [2.45, 2.75) is 19.5 Å². The van der Waals surface area contributed by atoms with Crippen LogP contribution in [0.25, 0.3) is 0 Å². The summed E-state index contributed by atoms with van der Waals surface area (Å²) in [5.41, 5.74) is 3.22. The molecule has 0 saturated heterocycles. The molecule has 2 heterocycles. The van der Waals surface area contributed by atoms with Crippen LogP contribution in [0.4, 0.5) is 0 Å². The first-order chi connectivity index (χ1) is 9.33. The molecule has 0 bridgehead atoms. The molecular weight excluding hydrogens is 262 g/mol. The molecule has 0 aliphatic carbocycles. The average molecular weight is 276 g/mol. The van der Waals surface area contributed by atoms with Gasteiger partial charge in [-0.05, 0) is 29.8 Å². The standard InChI is InChI=1S/C14H14ClN3O/c15-12-6-10-3-5-19-14(10)11(7-12)8-16-9-13-2-1-4-17-18-13/h1-2,4,6-7,16H,3,5,8-9H2. The highest BCUT2D eigenvalue weighted by atomic mass is 35.5. The van der Waals surface area contributed by atoms with E-state index in [1.807, 2.05) is 24.3 Å². The summed E-state index contributed by atoms with van der Waals surface area (Å²) in [5.74, 6) is 0.982. The van der Waals surface area contributed by atoms with E-state index in [1.165, 1.54) is 5.56 Å². The highest BCUT2D eigenvalue weighted by Gasteiger charge is 2.17. The van der Waals surface area contributed by atoms with Crippen molar-refractivity contribution in [2.24, 2.45) is 0 Å². The number of fused-ring (bicyclic) bond motifs is 1. The summed E-state index contributed by atoms with van der Waals surface area (Å²) < 4.78 is 5.66. The Morgan fingerprint density at radius 3 is 3.11 bits per heavy atom. The van der Waals surface area contributed by atoms with Crippen molar-refractivity contribution >= 4 is 11.6 Å². The Bertz CT molecular complexity index is 574. The molecule has 1 aromatic carbocycles. The maximum atomic E-state index is 6.12. The number of ether oxygens (including phenoxy) is 1. The second-order valence-corrected chi connectivity index (χ2v) is 4.91. The van der Waals surface area contributed by atoms with E-state index in [2.05, 4.69) is 15.5 Å². The minimum atomic E-state index is 0.676. The molecule has 1 aromatic heterocycles. The lowest BCUT2D eigenvalue weighted by atomic mass is 10.1. The van der Waals surface area contributed by atoms with Gasteiger partial charge in [-0.1, -0.05) is 11.6 Å². The Balaban J connectivity index is 1.67. The summed E-state index contributed by atoms with van der Waals surface area (Å²) in [6, 6.07) is 7.76. The van der Waals surface area contributed by atoms with Crippen LogP contribution in [0.3, 0.4) is 0 Å². The van der Waals surface area contributed by atoms with Crippen LogP contribution in [-0.2, 0) is 19.5 Å². The number of aromatic nitrogens is 2. The van der Waals surface area contributed by atoms with Crippen LogP contribution in [0.5, 0.6) is 5.75 Å². The lowest BCUT2D eigenvalue weighted by molar-refractivity contribution is 0.352. The molecule has 0 atom stereocenters. The van der Waals surface area contributed by atoms with Crippen LogP contribution in [0.15, 0.2) is 30.5 Å². The molecule has 0 spiro atoms. The summed E-state index contributed by atoms with van der Waals surface area (Å²) in [4.78, 5) is 0. The van der Waals surface area contributed by atoms with Crippen LogP contribution in [0.2, 0.25) is 5.02 Å². The number of halogens is 1. The zero-order valence-electron chi connectivity index (χ0n) is 10.4. The summed E-state index contributed by atoms with van der Waals surface area (Å²) >= 11 is 6.12. The van der Waals surface area contributed by atoms with Crippen LogP contribution in [-0.4, -0.2) is 16.8 Å². The predicted octanol–water partition coefficient (Wildman–Crippen LogP) is 2.35. The Kier molecular flexibility index (Phi) is 3.62. The molecule has 0 saturated carbocycles. The molecule has 98 valence electrons. The van der Waals surface area contributed by atoms with Gasteiger partial charge < -0.3 is 10.1 Å². The third-order valence-electron chi connectivity index (χ3n) is 3.07. The third kappa shape index (κ3) is 2.85. The van der Waals surface area contributed by atoms with Gasteiger partial charge in [-0.3, -0.25) is 0 Å². The van der Waals surface area contributed by atoms with E-state index in [0.717, 1.165) is 35.1 Å². The van der Waals surface area contributed by atoms with Gasteiger partial charge >= 0.3 is 0 Å². The first-order valence-corrected chi connectivity index (χ1v) is 6.62. The van der Waals surface area contributed by atoms with E-state index in [-0.39, 0.29) is 0 Å². The SMILES string of the molecule is Clc1cc2c(c(CNCc3cccnn3)c1)OCC2. The predicted molar refractivity (Wildman–Crippen MR) is 73.2 cm³/mol. The first-order valence-electron chi connectivity index (χ1n) is 6.24. The van der Waals surface area contributed by atoms with Gasteiger partial charge in [0.15, 0.2) is 0 Å². The van der Waals surface area contributed by atoms with Crippen molar-refractivity contribution in [3.63, 3.8) is 0 Å². The molecule has 0 unspecified atom stereocenters. The van der Waals surface area contributed by atoms with E-state index >= 15 is 0 Å². The second kappa shape index (κ2) is 5.55. The number of nitrogens with zero attached hydrogens (tertiary/aromatic N) is 2. The van der Waals surface area contributed by atoms with Gasteiger partial charge in [0.2, 0.25) is 0 Å². The molecule has 5 heteroatoms. The summed E-state index contributed by atoms with van der Waals surface area (Å²) in [5, 5.41) is 12.0. The normalized spacial score (nSPS) is 13.1. The number of rotatable bonds is 4. The zero-order chi connectivity index (χ0) is 13.1. The number of benzene rings is 1. The monoisotopic (exact) mass is 275 g/mol. The minimum absolute atomic E-state index is 0.676. The Morgan fingerprint density at radius 2 is 2.26 bits per heavy atom. The molecule has 1 N–H and O–H groups in total. The Labute approximate surface area is 116 Å².